The number of ether oxygens (including phenoxy) is 1. The number of carbonyl (C=O) groups excluding carboxylic acids is 1. The lowest BCUT2D eigenvalue weighted by atomic mass is 10.2. The number of rotatable bonds is 9. The highest BCUT2D eigenvalue weighted by atomic mass is 16.5. The van der Waals surface area contributed by atoms with Crippen molar-refractivity contribution in [3.05, 3.63) is 18.6 Å². The molecule has 3 heterocycles. The summed E-state index contributed by atoms with van der Waals surface area (Å²) in [5.74, 6) is 0.498. The number of hydrogen-bond acceptors (Lipinski definition) is 6. The van der Waals surface area contributed by atoms with Crippen molar-refractivity contribution in [1.29, 1.82) is 0 Å². The predicted molar refractivity (Wildman–Crippen MR) is 100 cm³/mol. The largest absolute Gasteiger partial charge is 0.383 e. The lowest BCUT2D eigenvalue weighted by Crippen LogP contribution is -2.39. The molecule has 1 saturated heterocycles. The number of nitrogens with zero attached hydrogens (tertiary/aromatic N) is 4. The molecule has 2 atom stereocenters. The molecule has 0 bridgehead atoms. The Hall–Kier alpha value is -2.19. The number of anilines is 1. The Morgan fingerprint density at radius 3 is 3.08 bits per heavy atom. The van der Waals surface area contributed by atoms with Gasteiger partial charge in [-0.3, -0.25) is 9.69 Å². The first-order valence-corrected chi connectivity index (χ1v) is 9.23. The van der Waals surface area contributed by atoms with E-state index in [0.29, 0.717) is 18.4 Å². The predicted octanol–water partition coefficient (Wildman–Crippen LogP) is 1.54. The Kier molecular flexibility index (Phi) is 6.05. The summed E-state index contributed by atoms with van der Waals surface area (Å²) in [4.78, 5) is 21.2. The molecule has 2 aromatic rings. The molecule has 142 valence electrons. The van der Waals surface area contributed by atoms with Gasteiger partial charge >= 0.3 is 0 Å². The summed E-state index contributed by atoms with van der Waals surface area (Å²) >= 11 is 0. The summed E-state index contributed by atoms with van der Waals surface area (Å²) in [5.41, 5.74) is 6.75. The van der Waals surface area contributed by atoms with Gasteiger partial charge in [-0.2, -0.15) is 0 Å². The van der Waals surface area contributed by atoms with E-state index in [1.165, 1.54) is 6.33 Å². The fraction of sp³-hybridized carbons (Fsp3) is 0.611. The molecule has 8 heteroatoms. The number of amides is 1. The molecule has 0 aliphatic carbocycles. The molecule has 1 aliphatic rings. The van der Waals surface area contributed by atoms with Gasteiger partial charge in [-0.1, -0.05) is 0 Å². The number of nitrogens with one attached hydrogen (secondary N) is 1. The quantitative estimate of drug-likeness (QED) is 0.520. The van der Waals surface area contributed by atoms with Crippen LogP contribution in [-0.4, -0.2) is 57.6 Å². The monoisotopic (exact) mass is 360 g/mol. The molecule has 1 unspecified atom stereocenters. The zero-order valence-corrected chi connectivity index (χ0v) is 15.5. The van der Waals surface area contributed by atoms with Gasteiger partial charge < -0.3 is 20.4 Å². The van der Waals surface area contributed by atoms with Crippen LogP contribution in [0.25, 0.3) is 11.0 Å². The number of carbonyl (C=O) groups is 1. The molecule has 3 rings (SSSR count). The highest BCUT2D eigenvalue weighted by Gasteiger charge is 2.29. The van der Waals surface area contributed by atoms with E-state index in [2.05, 4.69) is 38.6 Å². The molecule has 1 fully saturated rings. The molecular formula is C18H28N6O2. The molecule has 0 aromatic carbocycles. The maximum atomic E-state index is 10.4. The maximum Gasteiger partial charge on any atom is 0.207 e. The third kappa shape index (κ3) is 4.13. The Labute approximate surface area is 153 Å². The summed E-state index contributed by atoms with van der Waals surface area (Å²) in [6, 6.07) is 2.38. The van der Waals surface area contributed by atoms with Crippen molar-refractivity contribution in [2.45, 2.75) is 51.5 Å². The van der Waals surface area contributed by atoms with Crippen LogP contribution in [0.15, 0.2) is 18.6 Å². The fourth-order valence-electron chi connectivity index (χ4n) is 3.51. The van der Waals surface area contributed by atoms with Gasteiger partial charge in [0.15, 0.2) is 0 Å². The van der Waals surface area contributed by atoms with Crippen molar-refractivity contribution >= 4 is 23.3 Å². The van der Waals surface area contributed by atoms with Crippen LogP contribution in [0.5, 0.6) is 0 Å². The Bertz CT molecular complexity index is 732. The third-order valence-corrected chi connectivity index (χ3v) is 4.95. The Morgan fingerprint density at radius 2 is 2.31 bits per heavy atom. The van der Waals surface area contributed by atoms with Crippen LogP contribution in [0.3, 0.4) is 0 Å². The van der Waals surface area contributed by atoms with Gasteiger partial charge in [0, 0.05) is 31.9 Å². The maximum absolute atomic E-state index is 10.4. The third-order valence-electron chi connectivity index (χ3n) is 4.95. The van der Waals surface area contributed by atoms with Crippen LogP contribution in [-0.2, 0) is 9.53 Å². The first-order valence-electron chi connectivity index (χ1n) is 9.23. The first kappa shape index (κ1) is 18.6. The van der Waals surface area contributed by atoms with Gasteiger partial charge in [-0.25, -0.2) is 9.97 Å². The standard InChI is InChI=1S/C18H28N6O2/c1-13(2)23(8-3-7-20-12-25)10-14-4-5-16(26-14)24-9-6-15-17(19)21-11-22-18(15)24/h6,9,11-14,16H,3-5,7-8,10H2,1-2H3,(H,20,25)(H2,19,21,22)/t14-,16?/m0/s1. The molecule has 0 spiro atoms. The van der Waals surface area contributed by atoms with Gasteiger partial charge in [0.25, 0.3) is 0 Å². The van der Waals surface area contributed by atoms with E-state index < -0.39 is 0 Å². The Morgan fingerprint density at radius 1 is 1.46 bits per heavy atom. The lowest BCUT2D eigenvalue weighted by Gasteiger charge is -2.29. The number of hydrogen-bond donors (Lipinski definition) is 2. The second kappa shape index (κ2) is 8.46. The first-order chi connectivity index (χ1) is 12.6. The van der Waals surface area contributed by atoms with Gasteiger partial charge in [0.1, 0.15) is 24.0 Å². The van der Waals surface area contributed by atoms with Crippen molar-refractivity contribution < 1.29 is 9.53 Å². The molecule has 2 aromatic heterocycles. The van der Waals surface area contributed by atoms with Crippen molar-refractivity contribution in [1.82, 2.24) is 24.8 Å². The van der Waals surface area contributed by atoms with E-state index in [0.717, 1.165) is 49.8 Å². The van der Waals surface area contributed by atoms with E-state index in [1.54, 1.807) is 0 Å². The molecule has 8 nitrogen and oxygen atoms in total. The summed E-state index contributed by atoms with van der Waals surface area (Å²) in [5, 5.41) is 3.59. The summed E-state index contributed by atoms with van der Waals surface area (Å²) in [6.45, 7) is 6.93. The highest BCUT2D eigenvalue weighted by molar-refractivity contribution is 5.86. The Balaban J connectivity index is 1.60. The fourth-order valence-corrected chi connectivity index (χ4v) is 3.51. The van der Waals surface area contributed by atoms with E-state index in [9.17, 15) is 4.79 Å². The van der Waals surface area contributed by atoms with Crippen LogP contribution in [0.1, 0.15) is 39.3 Å². The van der Waals surface area contributed by atoms with Crippen LogP contribution >= 0.6 is 0 Å². The van der Waals surface area contributed by atoms with Gasteiger partial charge in [0.2, 0.25) is 6.41 Å². The normalized spacial score (nSPS) is 20.3. The van der Waals surface area contributed by atoms with E-state index in [4.69, 9.17) is 10.5 Å². The molecule has 0 saturated carbocycles. The van der Waals surface area contributed by atoms with Gasteiger partial charge in [-0.05, 0) is 39.2 Å². The molecule has 1 amide bonds. The molecular weight excluding hydrogens is 332 g/mol. The summed E-state index contributed by atoms with van der Waals surface area (Å²) in [6.07, 6.45) is 7.31. The molecule has 0 radical (unpaired) electrons. The summed E-state index contributed by atoms with van der Waals surface area (Å²) in [7, 11) is 0. The van der Waals surface area contributed by atoms with Crippen molar-refractivity contribution in [2.24, 2.45) is 0 Å². The molecule has 3 N–H and O–H groups in total. The van der Waals surface area contributed by atoms with Gasteiger partial charge in [0.05, 0.1) is 11.5 Å². The van der Waals surface area contributed by atoms with Crippen molar-refractivity contribution in [2.75, 3.05) is 25.4 Å². The average molecular weight is 360 g/mol. The number of nitrogen functional groups attached to an aromatic ring is 1. The second-order valence-electron chi connectivity index (χ2n) is 7.02. The van der Waals surface area contributed by atoms with E-state index >= 15 is 0 Å². The van der Waals surface area contributed by atoms with Crippen LogP contribution < -0.4 is 11.1 Å². The lowest BCUT2D eigenvalue weighted by molar-refractivity contribution is -0.109. The number of nitrogens with two attached hydrogens (primary N) is 1. The zero-order valence-electron chi connectivity index (χ0n) is 15.5. The zero-order chi connectivity index (χ0) is 18.5. The number of aromatic nitrogens is 3. The highest BCUT2D eigenvalue weighted by Crippen LogP contribution is 2.32. The SMILES string of the molecule is CC(C)N(CCCNC=O)C[C@@H]1CCC(n2ccc3c(N)ncnc32)O1. The molecule has 1 aliphatic heterocycles. The average Bonchev–Trinajstić information content (AvgIpc) is 3.24. The van der Waals surface area contributed by atoms with E-state index in [-0.39, 0.29) is 12.3 Å². The number of fused-ring (bicyclic) bond motifs is 1. The van der Waals surface area contributed by atoms with Crippen molar-refractivity contribution in [3.63, 3.8) is 0 Å². The minimum Gasteiger partial charge on any atom is -0.383 e. The van der Waals surface area contributed by atoms with Crippen molar-refractivity contribution in [3.8, 4) is 0 Å². The van der Waals surface area contributed by atoms with Crippen LogP contribution in [0.2, 0.25) is 0 Å². The second-order valence-corrected chi connectivity index (χ2v) is 7.02. The topological polar surface area (TPSA) is 98.3 Å². The summed E-state index contributed by atoms with van der Waals surface area (Å²) < 4.78 is 8.37. The molecule has 26 heavy (non-hydrogen) atoms. The van der Waals surface area contributed by atoms with Crippen LogP contribution in [0.4, 0.5) is 5.82 Å². The minimum absolute atomic E-state index is 0.0162. The van der Waals surface area contributed by atoms with Gasteiger partial charge in [-0.15, -0.1) is 0 Å². The smallest absolute Gasteiger partial charge is 0.207 e. The van der Waals surface area contributed by atoms with Crippen LogP contribution in [0, 0.1) is 0 Å². The van der Waals surface area contributed by atoms with E-state index in [1.807, 2.05) is 12.3 Å². The minimum atomic E-state index is -0.0162.